The summed E-state index contributed by atoms with van der Waals surface area (Å²) in [5.41, 5.74) is 3.42. The molecular weight excluding hydrogens is 417 g/mol. The van der Waals surface area contributed by atoms with Gasteiger partial charge in [-0.15, -0.1) is 0 Å². The highest BCUT2D eigenvalue weighted by Gasteiger charge is 2.13. The monoisotopic (exact) mass is 441 g/mol. The van der Waals surface area contributed by atoms with Gasteiger partial charge in [-0.25, -0.2) is 7.94 Å². The second-order valence-electron chi connectivity index (χ2n) is 5.45. The van der Waals surface area contributed by atoms with Gasteiger partial charge in [0.1, 0.15) is 0 Å². The second-order valence-corrected chi connectivity index (χ2v) is 7.11. The van der Waals surface area contributed by atoms with Gasteiger partial charge in [0.15, 0.2) is 0 Å². The topological polar surface area (TPSA) is 54.8 Å². The zero-order valence-electron chi connectivity index (χ0n) is 14.5. The van der Waals surface area contributed by atoms with Gasteiger partial charge in [0, 0.05) is 31.3 Å². The maximum atomic E-state index is 11.6. The molecule has 2 rings (SSSR count). The maximum Gasteiger partial charge on any atom is 0.338 e. The van der Waals surface area contributed by atoms with Crippen LogP contribution in [-0.4, -0.2) is 42.6 Å². The third-order valence-electron chi connectivity index (χ3n) is 3.94. The van der Waals surface area contributed by atoms with Crippen LogP contribution >= 0.6 is 21.0 Å². The molecule has 6 heteroatoms. The van der Waals surface area contributed by atoms with Gasteiger partial charge >= 0.3 is 5.97 Å². The van der Waals surface area contributed by atoms with Crippen molar-refractivity contribution in [3.8, 4) is 0 Å². The van der Waals surface area contributed by atoms with Crippen LogP contribution in [0.1, 0.15) is 31.5 Å². The average Bonchev–Trinajstić information content (AvgIpc) is 2.65. The lowest BCUT2D eigenvalue weighted by Gasteiger charge is -2.17. The van der Waals surface area contributed by atoms with E-state index in [0.717, 1.165) is 43.9 Å². The molecule has 0 saturated carbocycles. The lowest BCUT2D eigenvalue weighted by Crippen LogP contribution is -2.24. The predicted molar refractivity (Wildman–Crippen MR) is 105 cm³/mol. The van der Waals surface area contributed by atoms with Crippen LogP contribution in [0.4, 0.5) is 0 Å². The van der Waals surface area contributed by atoms with Crippen LogP contribution in [0.15, 0.2) is 37.2 Å². The van der Waals surface area contributed by atoms with Crippen molar-refractivity contribution in [3.05, 3.63) is 45.3 Å². The van der Waals surface area contributed by atoms with Gasteiger partial charge < -0.3 is 9.64 Å². The zero-order chi connectivity index (χ0) is 17.4. The Kier molecular flexibility index (Phi) is 7.71. The number of hydrogen-bond acceptors (Lipinski definition) is 5. The lowest BCUT2D eigenvalue weighted by molar-refractivity contribution is -0.135. The maximum absolute atomic E-state index is 11.6. The van der Waals surface area contributed by atoms with E-state index in [9.17, 15) is 4.79 Å². The van der Waals surface area contributed by atoms with E-state index < -0.39 is 21.0 Å². The molecular formula is C18H24IN3O2. The molecule has 0 spiro atoms. The first kappa shape index (κ1) is 18.9. The molecule has 0 aromatic carbocycles. The molecule has 130 valence electrons. The number of aryl methyl sites for hydroxylation is 1. The van der Waals surface area contributed by atoms with E-state index in [1.807, 2.05) is 16.3 Å². The fraction of sp³-hybridized carbons (Fsp3) is 0.444. The summed E-state index contributed by atoms with van der Waals surface area (Å²) < 4.78 is 11.2. The van der Waals surface area contributed by atoms with Crippen LogP contribution in [0.5, 0.6) is 0 Å². The minimum atomic E-state index is -0.512. The predicted octanol–water partition coefficient (Wildman–Crippen LogP) is 3.92. The Balaban J connectivity index is 1.97. The molecule has 1 aromatic heterocycles. The highest BCUT2D eigenvalue weighted by atomic mass is 127. The van der Waals surface area contributed by atoms with Crippen molar-refractivity contribution in [2.75, 3.05) is 26.7 Å². The molecule has 0 radical (unpaired) electrons. The number of carbonyl (C=O) groups excluding carboxylic acids is 1. The number of hydrogen-bond donors (Lipinski definition) is 0. The number of esters is 1. The van der Waals surface area contributed by atoms with Crippen LogP contribution < -0.4 is 0 Å². The summed E-state index contributed by atoms with van der Waals surface area (Å²) in [5, 5.41) is 0. The summed E-state index contributed by atoms with van der Waals surface area (Å²) in [4.78, 5) is 18.6. The fourth-order valence-corrected chi connectivity index (χ4v) is 4.00. The number of carbonyl (C=O) groups is 1. The molecule has 1 aliphatic rings. The van der Waals surface area contributed by atoms with Crippen LogP contribution in [0.3, 0.4) is 0 Å². The summed E-state index contributed by atoms with van der Waals surface area (Å²) in [6, 6.07) is 4.10. The Bertz CT molecular complexity index is 647. The van der Waals surface area contributed by atoms with Crippen molar-refractivity contribution in [1.82, 2.24) is 9.88 Å². The minimum absolute atomic E-state index is 0.310. The smallest absolute Gasteiger partial charge is 0.338 e. The Labute approximate surface area is 154 Å². The number of pyridine rings is 1. The summed E-state index contributed by atoms with van der Waals surface area (Å²) in [6.07, 6.45) is 5.84. The van der Waals surface area contributed by atoms with Gasteiger partial charge in [0.05, 0.1) is 24.1 Å². The van der Waals surface area contributed by atoms with Crippen LogP contribution in [0.2, 0.25) is 0 Å². The summed E-state index contributed by atoms with van der Waals surface area (Å²) >= 11 is -0.512. The Hall–Kier alpha value is -1.41. The number of nitrogens with zero attached hydrogens (tertiary/aromatic N) is 3. The van der Waals surface area contributed by atoms with Crippen LogP contribution in [0.25, 0.3) is 5.70 Å². The van der Waals surface area contributed by atoms with Gasteiger partial charge in [0.25, 0.3) is 0 Å². The van der Waals surface area contributed by atoms with Gasteiger partial charge in [0.2, 0.25) is 0 Å². The third kappa shape index (κ3) is 5.31. The van der Waals surface area contributed by atoms with E-state index in [4.69, 9.17) is 4.74 Å². The molecule has 1 aromatic rings. The minimum Gasteiger partial charge on any atom is -0.465 e. The number of halogens is 1. The van der Waals surface area contributed by atoms with E-state index in [1.54, 1.807) is 6.08 Å². The second kappa shape index (κ2) is 9.78. The summed E-state index contributed by atoms with van der Waals surface area (Å²) in [6.45, 7) is 7.71. The SMILES string of the molecule is CCN(CC)CCCc1ccc(C2=CC(C(=O)OC)=CI=N2)nc1. The first-order valence-corrected chi connectivity index (χ1v) is 10.4. The van der Waals surface area contributed by atoms with Gasteiger partial charge in [-0.05, 0) is 50.2 Å². The van der Waals surface area contributed by atoms with E-state index in [-0.39, 0.29) is 5.97 Å². The summed E-state index contributed by atoms with van der Waals surface area (Å²) in [5.74, 6) is -0.310. The average molecular weight is 441 g/mol. The van der Waals surface area contributed by atoms with Gasteiger partial charge in [-0.3, -0.25) is 4.98 Å². The number of aromatic nitrogens is 1. The largest absolute Gasteiger partial charge is 0.465 e. The normalized spacial score (nSPS) is 14.0. The molecule has 0 atom stereocenters. The lowest BCUT2D eigenvalue weighted by atomic mass is 10.1. The number of ether oxygens (including phenoxy) is 1. The van der Waals surface area contributed by atoms with Gasteiger partial charge in [-0.1, -0.05) is 19.9 Å². The van der Waals surface area contributed by atoms with E-state index >= 15 is 0 Å². The third-order valence-corrected chi connectivity index (χ3v) is 5.69. The van der Waals surface area contributed by atoms with Crippen molar-refractivity contribution >= 4 is 32.7 Å². The quantitative estimate of drug-likeness (QED) is 0.454. The van der Waals surface area contributed by atoms with Gasteiger partial charge in [-0.2, -0.15) is 0 Å². The number of rotatable bonds is 8. The van der Waals surface area contributed by atoms with E-state index in [0.29, 0.717) is 5.57 Å². The molecule has 0 unspecified atom stereocenters. The molecule has 0 bridgehead atoms. The highest BCUT2D eigenvalue weighted by Crippen LogP contribution is 2.27. The Morgan fingerprint density at radius 2 is 2.08 bits per heavy atom. The van der Waals surface area contributed by atoms with Crippen molar-refractivity contribution < 1.29 is 9.53 Å². The van der Waals surface area contributed by atoms with E-state index in [2.05, 4.69) is 32.9 Å². The molecule has 0 N–H and O–H groups in total. The molecule has 0 saturated heterocycles. The molecule has 1 aliphatic heterocycles. The Morgan fingerprint density at radius 1 is 1.29 bits per heavy atom. The first-order valence-electron chi connectivity index (χ1n) is 8.19. The molecule has 0 amide bonds. The van der Waals surface area contributed by atoms with Crippen molar-refractivity contribution in [2.45, 2.75) is 26.7 Å². The molecule has 24 heavy (non-hydrogen) atoms. The zero-order valence-corrected chi connectivity index (χ0v) is 16.6. The number of methoxy groups -OCH3 is 1. The summed E-state index contributed by atoms with van der Waals surface area (Å²) in [7, 11) is 1.39. The van der Waals surface area contributed by atoms with Crippen LogP contribution in [0, 0.1) is 0 Å². The Morgan fingerprint density at radius 3 is 2.71 bits per heavy atom. The highest BCUT2D eigenvalue weighted by molar-refractivity contribution is 14.2. The molecule has 0 aliphatic carbocycles. The molecule has 5 nitrogen and oxygen atoms in total. The molecule has 2 heterocycles. The van der Waals surface area contributed by atoms with Crippen molar-refractivity contribution in [2.24, 2.45) is 3.15 Å². The molecule has 0 fully saturated rings. The van der Waals surface area contributed by atoms with Crippen LogP contribution in [-0.2, 0) is 16.0 Å². The van der Waals surface area contributed by atoms with Crippen molar-refractivity contribution in [1.29, 1.82) is 0 Å². The van der Waals surface area contributed by atoms with Crippen molar-refractivity contribution in [3.63, 3.8) is 0 Å². The van der Waals surface area contributed by atoms with E-state index in [1.165, 1.54) is 12.7 Å². The first-order chi connectivity index (χ1) is 11.7. The standard InChI is InChI=1S/C18H24IN3O2/c1-4-22(5-2)10-6-7-14-8-9-16(20-13-14)17-11-15(12-19-21-17)18(23)24-3/h8-9,11-13H,4-7,10H2,1-3H3. The fourth-order valence-electron chi connectivity index (χ4n) is 2.44.